The average Bonchev–Trinajstić information content (AvgIpc) is 3.09. The van der Waals surface area contributed by atoms with Gasteiger partial charge in [0, 0.05) is 23.6 Å². The van der Waals surface area contributed by atoms with Crippen LogP contribution in [0, 0.1) is 0 Å². The van der Waals surface area contributed by atoms with Gasteiger partial charge in [0.05, 0.1) is 6.54 Å². The Morgan fingerprint density at radius 3 is 2.62 bits per heavy atom. The lowest BCUT2D eigenvalue weighted by atomic mass is 10.2. The van der Waals surface area contributed by atoms with Crippen LogP contribution in [0.25, 0.3) is 11.4 Å². The minimum Gasteiger partial charge on any atom is -0.352 e. The Kier molecular flexibility index (Phi) is 5.18. The molecule has 1 heterocycles. The van der Waals surface area contributed by atoms with Gasteiger partial charge < -0.3 is 5.32 Å². The first-order chi connectivity index (χ1) is 11.7. The smallest absolute Gasteiger partial charge is 0.222 e. The summed E-state index contributed by atoms with van der Waals surface area (Å²) in [4.78, 5) is 13.4. The molecular weight excluding hydrogens is 326 g/mol. The lowest BCUT2D eigenvalue weighted by molar-refractivity contribution is -0.121. The molecule has 0 unspecified atom stereocenters. The number of nitrogens with zero attached hydrogens (tertiary/aromatic N) is 4. The minimum absolute atomic E-state index is 0.0894. The molecule has 1 amide bonds. The summed E-state index contributed by atoms with van der Waals surface area (Å²) in [5.41, 5.74) is 1.78. The molecule has 0 bridgehead atoms. The summed E-state index contributed by atoms with van der Waals surface area (Å²) in [5.74, 6) is 0.459. The van der Waals surface area contributed by atoms with E-state index in [9.17, 15) is 4.79 Å². The number of halogens is 1. The fourth-order valence-corrected chi connectivity index (χ4v) is 2.37. The van der Waals surface area contributed by atoms with Gasteiger partial charge in [-0.15, -0.1) is 10.2 Å². The molecule has 3 rings (SSSR count). The fourth-order valence-electron chi connectivity index (χ4n) is 2.17. The zero-order valence-electron chi connectivity index (χ0n) is 12.9. The topological polar surface area (TPSA) is 72.7 Å². The van der Waals surface area contributed by atoms with Crippen molar-refractivity contribution in [1.29, 1.82) is 0 Å². The summed E-state index contributed by atoms with van der Waals surface area (Å²) in [6.45, 7) is 0.771. The van der Waals surface area contributed by atoms with Gasteiger partial charge in [0.15, 0.2) is 0 Å². The molecule has 6 nitrogen and oxygen atoms in total. The van der Waals surface area contributed by atoms with E-state index >= 15 is 0 Å². The molecule has 0 atom stereocenters. The van der Waals surface area contributed by atoms with Gasteiger partial charge in [-0.3, -0.25) is 4.79 Å². The Morgan fingerprint density at radius 1 is 1.08 bits per heavy atom. The number of nitrogens with one attached hydrogen (secondary N) is 1. The van der Waals surface area contributed by atoms with Crippen LogP contribution in [0.15, 0.2) is 54.6 Å². The highest BCUT2D eigenvalue weighted by atomic mass is 35.5. The first-order valence-corrected chi connectivity index (χ1v) is 7.93. The van der Waals surface area contributed by atoms with Gasteiger partial charge >= 0.3 is 0 Å². The number of hydrogen-bond donors (Lipinski definition) is 1. The fraction of sp³-hybridized carbons (Fsp3) is 0.176. The molecule has 1 N–H and O–H groups in total. The van der Waals surface area contributed by atoms with Crippen LogP contribution in [0.5, 0.6) is 0 Å². The number of benzene rings is 2. The van der Waals surface area contributed by atoms with Crippen molar-refractivity contribution in [2.75, 3.05) is 0 Å². The van der Waals surface area contributed by atoms with Crippen molar-refractivity contribution >= 4 is 17.5 Å². The van der Waals surface area contributed by atoms with Crippen molar-refractivity contribution in [3.63, 3.8) is 0 Å². The van der Waals surface area contributed by atoms with Crippen LogP contribution >= 0.6 is 11.6 Å². The Labute approximate surface area is 144 Å². The van der Waals surface area contributed by atoms with Crippen LogP contribution in [0.2, 0.25) is 5.02 Å². The van der Waals surface area contributed by atoms with E-state index < -0.39 is 0 Å². The summed E-state index contributed by atoms with van der Waals surface area (Å²) in [5, 5.41) is 15.7. The molecule has 0 radical (unpaired) electrons. The molecule has 0 aliphatic rings. The normalized spacial score (nSPS) is 10.5. The zero-order chi connectivity index (χ0) is 16.8. The number of carbonyl (C=O) groups excluding carboxylic acids is 1. The van der Waals surface area contributed by atoms with Crippen LogP contribution in [0.1, 0.15) is 12.0 Å². The van der Waals surface area contributed by atoms with Gasteiger partial charge in [-0.2, -0.15) is 4.80 Å². The van der Waals surface area contributed by atoms with Gasteiger partial charge in [0.25, 0.3) is 0 Å². The monoisotopic (exact) mass is 341 g/mol. The van der Waals surface area contributed by atoms with Crippen molar-refractivity contribution in [3.8, 4) is 11.4 Å². The SMILES string of the molecule is O=C(CCn1nnc(-c2ccccc2)n1)NCc1ccccc1Cl. The Balaban J connectivity index is 1.50. The van der Waals surface area contributed by atoms with Crippen LogP contribution < -0.4 is 5.32 Å². The highest BCUT2D eigenvalue weighted by molar-refractivity contribution is 6.31. The third-order valence-corrected chi connectivity index (χ3v) is 3.83. The Morgan fingerprint density at radius 2 is 1.83 bits per heavy atom. The van der Waals surface area contributed by atoms with E-state index in [1.807, 2.05) is 48.5 Å². The average molecular weight is 342 g/mol. The summed E-state index contributed by atoms with van der Waals surface area (Å²) in [6.07, 6.45) is 0.273. The van der Waals surface area contributed by atoms with Crippen molar-refractivity contribution in [1.82, 2.24) is 25.5 Å². The van der Waals surface area contributed by atoms with E-state index in [0.29, 0.717) is 23.9 Å². The second-order valence-corrected chi connectivity index (χ2v) is 5.60. The Hall–Kier alpha value is -2.73. The van der Waals surface area contributed by atoms with Crippen LogP contribution in [-0.4, -0.2) is 26.1 Å². The summed E-state index contributed by atoms with van der Waals surface area (Å²) < 4.78 is 0. The van der Waals surface area contributed by atoms with E-state index in [1.165, 1.54) is 4.80 Å². The highest BCUT2D eigenvalue weighted by Crippen LogP contribution is 2.14. The lowest BCUT2D eigenvalue weighted by Gasteiger charge is -2.06. The van der Waals surface area contributed by atoms with E-state index in [4.69, 9.17) is 11.6 Å². The van der Waals surface area contributed by atoms with Crippen LogP contribution in [0.4, 0.5) is 0 Å². The van der Waals surface area contributed by atoms with Crippen molar-refractivity contribution < 1.29 is 4.79 Å². The second-order valence-electron chi connectivity index (χ2n) is 5.19. The maximum Gasteiger partial charge on any atom is 0.222 e. The number of amides is 1. The number of hydrogen-bond acceptors (Lipinski definition) is 4. The van der Waals surface area contributed by atoms with Crippen molar-refractivity contribution in [2.24, 2.45) is 0 Å². The standard InChI is InChI=1S/C17H16ClN5O/c18-15-9-5-4-8-14(15)12-19-16(24)10-11-23-21-17(20-22-23)13-6-2-1-3-7-13/h1-9H,10-12H2,(H,19,24). The molecule has 3 aromatic rings. The first-order valence-electron chi connectivity index (χ1n) is 7.56. The maximum atomic E-state index is 11.9. The van der Waals surface area contributed by atoms with Crippen LogP contribution in [0.3, 0.4) is 0 Å². The van der Waals surface area contributed by atoms with E-state index in [-0.39, 0.29) is 12.3 Å². The first kappa shape index (κ1) is 16.1. The second kappa shape index (κ2) is 7.70. The molecule has 1 aromatic heterocycles. The predicted octanol–water partition coefficient (Wildman–Crippen LogP) is 2.70. The third kappa shape index (κ3) is 4.17. The van der Waals surface area contributed by atoms with Gasteiger partial charge in [-0.25, -0.2) is 0 Å². The lowest BCUT2D eigenvalue weighted by Crippen LogP contribution is -2.24. The van der Waals surface area contributed by atoms with E-state index in [2.05, 4.69) is 20.7 Å². The number of aromatic nitrogens is 4. The van der Waals surface area contributed by atoms with Crippen molar-refractivity contribution in [2.45, 2.75) is 19.5 Å². The molecule has 0 fully saturated rings. The van der Waals surface area contributed by atoms with Crippen LogP contribution in [-0.2, 0) is 17.9 Å². The molecule has 0 saturated carbocycles. The molecule has 0 aliphatic carbocycles. The summed E-state index contributed by atoms with van der Waals surface area (Å²) in [7, 11) is 0. The quantitative estimate of drug-likeness (QED) is 0.748. The maximum absolute atomic E-state index is 11.9. The summed E-state index contributed by atoms with van der Waals surface area (Å²) in [6, 6.07) is 17.0. The predicted molar refractivity (Wildman–Crippen MR) is 91.2 cm³/mol. The minimum atomic E-state index is -0.0894. The summed E-state index contributed by atoms with van der Waals surface area (Å²) >= 11 is 6.06. The van der Waals surface area contributed by atoms with Gasteiger partial charge in [-0.05, 0) is 16.8 Å². The largest absolute Gasteiger partial charge is 0.352 e. The Bertz CT molecular complexity index is 819. The molecule has 24 heavy (non-hydrogen) atoms. The zero-order valence-corrected chi connectivity index (χ0v) is 13.6. The third-order valence-electron chi connectivity index (χ3n) is 3.46. The molecule has 0 saturated heterocycles. The molecule has 7 heteroatoms. The molecule has 0 spiro atoms. The molecular formula is C17H16ClN5O. The molecule has 122 valence electrons. The molecule has 2 aromatic carbocycles. The van der Waals surface area contributed by atoms with Gasteiger partial charge in [0.2, 0.25) is 11.7 Å². The van der Waals surface area contributed by atoms with Crippen molar-refractivity contribution in [3.05, 3.63) is 65.2 Å². The van der Waals surface area contributed by atoms with E-state index in [0.717, 1.165) is 11.1 Å². The number of aryl methyl sites for hydroxylation is 1. The molecule has 0 aliphatic heterocycles. The highest BCUT2D eigenvalue weighted by Gasteiger charge is 2.08. The van der Waals surface area contributed by atoms with E-state index in [1.54, 1.807) is 6.07 Å². The van der Waals surface area contributed by atoms with Gasteiger partial charge in [0.1, 0.15) is 0 Å². The number of carbonyl (C=O) groups is 1. The number of tetrazole rings is 1. The van der Waals surface area contributed by atoms with Gasteiger partial charge in [-0.1, -0.05) is 60.1 Å². The number of rotatable bonds is 6.